The lowest BCUT2D eigenvalue weighted by atomic mass is 9.83. The van der Waals surface area contributed by atoms with E-state index < -0.39 is 41.9 Å². The molecule has 2 aromatic carbocycles. The number of amides is 2. The van der Waals surface area contributed by atoms with Crippen LogP contribution in [0.4, 0.5) is 0 Å². The minimum absolute atomic E-state index is 0.0421. The van der Waals surface area contributed by atoms with Crippen molar-refractivity contribution in [3.05, 3.63) is 71.8 Å². The maximum Gasteiger partial charge on any atom is 0.326 e. The van der Waals surface area contributed by atoms with Crippen molar-refractivity contribution < 1.29 is 29.4 Å². The molecule has 8 nitrogen and oxygen atoms in total. The summed E-state index contributed by atoms with van der Waals surface area (Å²) < 4.78 is 0. The first-order chi connectivity index (χ1) is 15.4. The van der Waals surface area contributed by atoms with Crippen molar-refractivity contribution in [2.24, 2.45) is 5.92 Å². The van der Waals surface area contributed by atoms with E-state index in [-0.39, 0.29) is 12.2 Å². The third-order valence-electron chi connectivity index (χ3n) is 5.62. The molecular weight excluding hydrogens is 412 g/mol. The van der Waals surface area contributed by atoms with Gasteiger partial charge in [0.15, 0.2) is 6.10 Å². The lowest BCUT2D eigenvalue weighted by Crippen LogP contribution is -2.53. The Bertz CT molecular complexity index is 963. The molecule has 1 aliphatic rings. The van der Waals surface area contributed by atoms with Crippen LogP contribution in [0.3, 0.4) is 0 Å². The van der Waals surface area contributed by atoms with E-state index in [1.807, 2.05) is 0 Å². The van der Waals surface area contributed by atoms with E-state index in [1.54, 1.807) is 60.7 Å². The Morgan fingerprint density at radius 1 is 0.938 bits per heavy atom. The van der Waals surface area contributed by atoms with Crippen LogP contribution in [0.1, 0.15) is 47.6 Å². The van der Waals surface area contributed by atoms with Crippen LogP contribution in [-0.2, 0) is 14.4 Å². The molecule has 1 aliphatic carbocycles. The summed E-state index contributed by atoms with van der Waals surface area (Å²) >= 11 is 0. The quantitative estimate of drug-likeness (QED) is 0.497. The Morgan fingerprint density at radius 3 is 2.16 bits per heavy atom. The predicted molar refractivity (Wildman–Crippen MR) is 116 cm³/mol. The van der Waals surface area contributed by atoms with Gasteiger partial charge >= 0.3 is 5.97 Å². The van der Waals surface area contributed by atoms with E-state index in [1.165, 1.54) is 0 Å². The van der Waals surface area contributed by atoms with Gasteiger partial charge in [0.2, 0.25) is 0 Å². The number of carbonyl (C=O) groups is 4. The molecule has 0 aliphatic heterocycles. The van der Waals surface area contributed by atoms with E-state index >= 15 is 0 Å². The number of ketones is 1. The zero-order valence-electron chi connectivity index (χ0n) is 17.4. The van der Waals surface area contributed by atoms with Crippen molar-refractivity contribution in [3.8, 4) is 0 Å². The van der Waals surface area contributed by atoms with E-state index in [9.17, 15) is 29.4 Å². The monoisotopic (exact) mass is 438 g/mol. The van der Waals surface area contributed by atoms with Crippen LogP contribution in [0.2, 0.25) is 0 Å². The highest BCUT2D eigenvalue weighted by molar-refractivity contribution is 5.95. The third-order valence-corrected chi connectivity index (χ3v) is 5.62. The number of aliphatic carboxylic acids is 1. The third kappa shape index (κ3) is 5.79. The summed E-state index contributed by atoms with van der Waals surface area (Å²) in [4.78, 5) is 49.1. The number of hydrogen-bond donors (Lipinski definition) is 4. The molecule has 8 heteroatoms. The fraction of sp³-hybridized carbons (Fsp3) is 0.333. The molecule has 0 unspecified atom stereocenters. The van der Waals surface area contributed by atoms with Gasteiger partial charge in [-0.25, -0.2) is 4.79 Å². The number of carboxylic acid groups (broad SMARTS) is 1. The average molecular weight is 438 g/mol. The fourth-order valence-corrected chi connectivity index (χ4v) is 3.93. The van der Waals surface area contributed by atoms with Crippen molar-refractivity contribution in [3.63, 3.8) is 0 Å². The van der Waals surface area contributed by atoms with Crippen LogP contribution in [0.5, 0.6) is 0 Å². The number of carboxylic acids is 1. The molecule has 32 heavy (non-hydrogen) atoms. The van der Waals surface area contributed by atoms with Gasteiger partial charge in [-0.1, -0.05) is 48.5 Å². The van der Waals surface area contributed by atoms with Gasteiger partial charge in [0, 0.05) is 18.4 Å². The Balaban J connectivity index is 1.79. The van der Waals surface area contributed by atoms with Crippen LogP contribution in [0.15, 0.2) is 60.7 Å². The summed E-state index contributed by atoms with van der Waals surface area (Å²) in [5.74, 6) is -3.27. The van der Waals surface area contributed by atoms with Gasteiger partial charge in [-0.05, 0) is 36.5 Å². The molecule has 1 saturated carbocycles. The summed E-state index contributed by atoms with van der Waals surface area (Å²) in [6, 6.07) is 14.4. The summed E-state index contributed by atoms with van der Waals surface area (Å²) in [6.45, 7) is 0. The van der Waals surface area contributed by atoms with E-state index in [0.29, 0.717) is 30.4 Å². The van der Waals surface area contributed by atoms with Crippen LogP contribution >= 0.6 is 0 Å². The number of hydrogen-bond acceptors (Lipinski definition) is 5. The summed E-state index contributed by atoms with van der Waals surface area (Å²) in [7, 11) is 0. The molecule has 1 fully saturated rings. The van der Waals surface area contributed by atoms with Crippen molar-refractivity contribution >= 4 is 23.6 Å². The van der Waals surface area contributed by atoms with Gasteiger partial charge < -0.3 is 20.8 Å². The first-order valence-electron chi connectivity index (χ1n) is 10.5. The second-order valence-electron chi connectivity index (χ2n) is 7.89. The highest BCUT2D eigenvalue weighted by Gasteiger charge is 2.37. The molecule has 0 saturated heterocycles. The zero-order valence-corrected chi connectivity index (χ0v) is 17.4. The van der Waals surface area contributed by atoms with Crippen LogP contribution in [0.25, 0.3) is 0 Å². The zero-order chi connectivity index (χ0) is 23.1. The van der Waals surface area contributed by atoms with Crippen LogP contribution in [0, 0.1) is 5.92 Å². The van der Waals surface area contributed by atoms with Gasteiger partial charge in [0.25, 0.3) is 11.8 Å². The maximum atomic E-state index is 12.9. The van der Waals surface area contributed by atoms with Crippen molar-refractivity contribution in [1.29, 1.82) is 0 Å². The Morgan fingerprint density at radius 2 is 1.56 bits per heavy atom. The summed E-state index contributed by atoms with van der Waals surface area (Å²) in [5, 5.41) is 25.5. The topological polar surface area (TPSA) is 133 Å². The largest absolute Gasteiger partial charge is 0.480 e. The minimum Gasteiger partial charge on any atom is -0.480 e. The molecule has 4 N–H and O–H groups in total. The molecule has 0 aromatic heterocycles. The first-order valence-corrected chi connectivity index (χ1v) is 10.5. The molecule has 168 valence electrons. The molecule has 2 amide bonds. The number of aliphatic hydroxyl groups excluding tert-OH is 1. The van der Waals surface area contributed by atoms with Crippen LogP contribution < -0.4 is 10.6 Å². The highest BCUT2D eigenvalue weighted by atomic mass is 16.4. The number of aliphatic hydroxyl groups is 1. The Kier molecular flexibility index (Phi) is 7.72. The Hall–Kier alpha value is -3.52. The molecular formula is C24H26N2O6. The molecule has 0 radical (unpaired) electrons. The minimum atomic E-state index is -1.74. The average Bonchev–Trinajstić information content (AvgIpc) is 2.81. The number of Topliss-reactive ketones (excluding diaryl/α,β-unsaturated/α-hetero) is 1. The Labute approximate surface area is 185 Å². The standard InChI is InChI=1S/C24H26N2O6/c27-18-13-7-12-17(14-18)20(24(31)32)26-23(30)21(28)19(15-8-3-1-4-9-15)25-22(29)16-10-5-2-6-11-16/h1-6,8-11,17,19-21,28H,7,12-14H2,(H,25,29)(H,26,30)(H,31,32)/t17-,19+,20+,21-/m1/s1. The number of nitrogens with one attached hydrogen (secondary N) is 2. The van der Waals surface area contributed by atoms with E-state index in [0.717, 1.165) is 0 Å². The summed E-state index contributed by atoms with van der Waals surface area (Å²) in [6.07, 6.45) is -0.218. The van der Waals surface area contributed by atoms with Gasteiger partial charge in [0.1, 0.15) is 11.8 Å². The second kappa shape index (κ2) is 10.7. The number of carbonyl (C=O) groups excluding carboxylic acids is 3. The SMILES string of the molecule is O=C1CCC[C@@H]([C@H](NC(=O)[C@H](O)[C@@H](NC(=O)c2ccccc2)c2ccccc2)C(=O)O)C1. The number of benzene rings is 2. The highest BCUT2D eigenvalue weighted by Crippen LogP contribution is 2.25. The fourth-order valence-electron chi connectivity index (χ4n) is 3.93. The van der Waals surface area contributed by atoms with Gasteiger partial charge in [-0.3, -0.25) is 14.4 Å². The van der Waals surface area contributed by atoms with Gasteiger partial charge in [-0.15, -0.1) is 0 Å². The predicted octanol–water partition coefficient (Wildman–Crippen LogP) is 1.85. The molecule has 0 spiro atoms. The molecule has 2 aromatic rings. The summed E-state index contributed by atoms with van der Waals surface area (Å²) in [5.41, 5.74) is 0.837. The van der Waals surface area contributed by atoms with Crippen molar-refractivity contribution in [2.75, 3.05) is 0 Å². The molecule has 0 heterocycles. The smallest absolute Gasteiger partial charge is 0.326 e. The maximum absolute atomic E-state index is 12.9. The molecule has 4 atom stereocenters. The lowest BCUT2D eigenvalue weighted by Gasteiger charge is -2.30. The molecule has 0 bridgehead atoms. The van der Waals surface area contributed by atoms with Crippen molar-refractivity contribution in [2.45, 2.75) is 43.9 Å². The van der Waals surface area contributed by atoms with Crippen LogP contribution in [-0.4, -0.2) is 45.9 Å². The van der Waals surface area contributed by atoms with E-state index in [4.69, 9.17) is 0 Å². The molecule has 3 rings (SSSR count). The van der Waals surface area contributed by atoms with Gasteiger partial charge in [0.05, 0.1) is 6.04 Å². The number of rotatable bonds is 8. The van der Waals surface area contributed by atoms with Gasteiger partial charge in [-0.2, -0.15) is 0 Å². The lowest BCUT2D eigenvalue weighted by molar-refractivity contribution is -0.146. The first kappa shape index (κ1) is 23.1. The van der Waals surface area contributed by atoms with Crippen molar-refractivity contribution in [1.82, 2.24) is 10.6 Å². The normalized spacial score (nSPS) is 18.8. The van der Waals surface area contributed by atoms with E-state index in [2.05, 4.69) is 10.6 Å². The second-order valence-corrected chi connectivity index (χ2v) is 7.89.